The van der Waals surface area contributed by atoms with Gasteiger partial charge in [-0.15, -0.1) is 0 Å². The van der Waals surface area contributed by atoms with Gasteiger partial charge in [-0.05, 0) is 42.3 Å². The van der Waals surface area contributed by atoms with Crippen molar-refractivity contribution < 1.29 is 31.4 Å². The summed E-state index contributed by atoms with van der Waals surface area (Å²) in [6.45, 7) is 0.329. The second kappa shape index (κ2) is 6.96. The zero-order chi connectivity index (χ0) is 20.6. The Morgan fingerprint density at radius 1 is 1.14 bits per heavy atom. The molecule has 2 aromatic carbocycles. The Morgan fingerprint density at radius 2 is 1.82 bits per heavy atom. The Labute approximate surface area is 157 Å². The summed E-state index contributed by atoms with van der Waals surface area (Å²) in [5, 5.41) is 0. The lowest BCUT2D eigenvalue weighted by Gasteiger charge is -2.37. The number of hydrogen-bond acceptors (Lipinski definition) is 4. The molecule has 28 heavy (non-hydrogen) atoms. The first-order valence-electron chi connectivity index (χ1n) is 8.27. The summed E-state index contributed by atoms with van der Waals surface area (Å²) in [7, 11) is 0. The van der Waals surface area contributed by atoms with E-state index in [1.54, 1.807) is 6.07 Å². The van der Waals surface area contributed by atoms with Gasteiger partial charge in [0.05, 0.1) is 5.56 Å². The summed E-state index contributed by atoms with van der Waals surface area (Å²) in [6.07, 6.45) is -4.42. The van der Waals surface area contributed by atoms with E-state index in [1.807, 2.05) is 0 Å². The lowest BCUT2D eigenvalue weighted by molar-refractivity contribution is -0.137. The minimum Gasteiger partial charge on any atom is -0.489 e. The van der Waals surface area contributed by atoms with Crippen molar-refractivity contribution in [2.75, 3.05) is 6.61 Å². The largest absolute Gasteiger partial charge is 0.489 e. The van der Waals surface area contributed by atoms with E-state index in [0.717, 1.165) is 12.1 Å². The van der Waals surface area contributed by atoms with Crippen molar-refractivity contribution in [3.63, 3.8) is 0 Å². The fourth-order valence-corrected chi connectivity index (χ4v) is 2.76. The van der Waals surface area contributed by atoms with Crippen LogP contribution in [-0.4, -0.2) is 18.6 Å². The van der Waals surface area contributed by atoms with Crippen LogP contribution >= 0.6 is 0 Å². The highest BCUT2D eigenvalue weighted by molar-refractivity contribution is 5.73. The van der Waals surface area contributed by atoms with E-state index >= 15 is 0 Å². The average molecular weight is 400 g/mol. The second-order valence-corrected chi connectivity index (χ2v) is 6.53. The van der Waals surface area contributed by atoms with Crippen molar-refractivity contribution in [1.82, 2.24) is 0 Å². The third-order valence-corrected chi connectivity index (χ3v) is 4.53. The van der Waals surface area contributed by atoms with Gasteiger partial charge < -0.3 is 15.2 Å². The first-order chi connectivity index (χ1) is 13.0. The van der Waals surface area contributed by atoms with Gasteiger partial charge in [-0.2, -0.15) is 22.0 Å². The molecule has 1 aliphatic rings. The summed E-state index contributed by atoms with van der Waals surface area (Å²) in [5.74, 6) is -3.02. The normalized spacial score (nSPS) is 21.6. The number of benzene rings is 2. The van der Waals surface area contributed by atoms with Crippen LogP contribution in [0.4, 0.5) is 22.0 Å². The maximum Gasteiger partial charge on any atom is 0.416 e. The van der Waals surface area contributed by atoms with E-state index in [2.05, 4.69) is 9.73 Å². The Hall–Kier alpha value is -2.84. The predicted octanol–water partition coefficient (Wildman–Crippen LogP) is 4.48. The second-order valence-electron chi connectivity index (χ2n) is 6.53. The maximum absolute atomic E-state index is 14.4. The Balaban J connectivity index is 1.78. The molecule has 0 aromatic heterocycles. The minimum absolute atomic E-state index is 0.0246. The Bertz CT molecular complexity index is 881. The van der Waals surface area contributed by atoms with Crippen molar-refractivity contribution in [2.45, 2.75) is 31.2 Å². The molecule has 0 spiro atoms. The molecule has 9 heteroatoms. The minimum atomic E-state index is -4.42. The van der Waals surface area contributed by atoms with Gasteiger partial charge in [0.25, 0.3) is 6.02 Å². The summed E-state index contributed by atoms with van der Waals surface area (Å²) < 4.78 is 76.8. The molecular formula is C19H17F5N2O2. The summed E-state index contributed by atoms with van der Waals surface area (Å²) in [4.78, 5) is 3.79. The predicted molar refractivity (Wildman–Crippen MR) is 92.1 cm³/mol. The Morgan fingerprint density at radius 3 is 2.46 bits per heavy atom. The molecule has 0 fully saturated rings. The first-order valence-corrected chi connectivity index (χ1v) is 8.27. The molecule has 4 nitrogen and oxygen atoms in total. The maximum atomic E-state index is 14.4. The molecule has 3 rings (SSSR count). The molecule has 2 aromatic rings. The molecule has 0 amide bonds. The average Bonchev–Trinajstić information content (AvgIpc) is 2.63. The molecule has 0 saturated carbocycles. The quantitative estimate of drug-likeness (QED) is 0.770. The molecule has 0 aliphatic carbocycles. The molecule has 0 bridgehead atoms. The fraction of sp³-hybridized carbons (Fsp3) is 0.316. The van der Waals surface area contributed by atoms with Gasteiger partial charge in [-0.1, -0.05) is 24.3 Å². The molecule has 0 unspecified atom stereocenters. The van der Waals surface area contributed by atoms with Gasteiger partial charge in [0.15, 0.2) is 12.1 Å². The van der Waals surface area contributed by atoms with E-state index in [4.69, 9.17) is 10.5 Å². The summed E-state index contributed by atoms with van der Waals surface area (Å²) >= 11 is 0. The standard InChI is InChI=1S/C19H17F5N2O2/c1-17(18(20,21)11-28-16(25)26-17)14-3-2-4-15(9-14)27-10-12-5-7-13(8-6-12)19(22,23)24/h2-9H,10-11H2,1H3,(H2,25,26)/t17-/m1/s1. The van der Waals surface area contributed by atoms with E-state index in [9.17, 15) is 22.0 Å². The molecule has 1 aliphatic heterocycles. The van der Waals surface area contributed by atoms with Crippen molar-refractivity contribution in [2.24, 2.45) is 10.7 Å². The van der Waals surface area contributed by atoms with Crippen LogP contribution in [0, 0.1) is 0 Å². The van der Waals surface area contributed by atoms with Crippen LogP contribution in [0.15, 0.2) is 53.5 Å². The zero-order valence-electron chi connectivity index (χ0n) is 14.8. The molecule has 2 N–H and O–H groups in total. The first kappa shape index (κ1) is 19.9. The number of nitrogens with two attached hydrogens (primary N) is 1. The number of nitrogens with zero attached hydrogens (tertiary/aromatic N) is 1. The van der Waals surface area contributed by atoms with Crippen LogP contribution in [0.2, 0.25) is 0 Å². The van der Waals surface area contributed by atoms with Crippen LogP contribution in [0.25, 0.3) is 0 Å². The van der Waals surface area contributed by atoms with Gasteiger partial charge in [-0.3, -0.25) is 0 Å². The van der Waals surface area contributed by atoms with Gasteiger partial charge in [-0.25, -0.2) is 4.99 Å². The topological polar surface area (TPSA) is 56.8 Å². The number of halogens is 5. The van der Waals surface area contributed by atoms with Gasteiger partial charge in [0.1, 0.15) is 12.4 Å². The highest BCUT2D eigenvalue weighted by Crippen LogP contribution is 2.44. The number of ether oxygens (including phenoxy) is 2. The fourth-order valence-electron chi connectivity index (χ4n) is 2.76. The number of alkyl halides is 5. The van der Waals surface area contributed by atoms with Crippen LogP contribution in [0.5, 0.6) is 5.75 Å². The van der Waals surface area contributed by atoms with Crippen LogP contribution in [0.1, 0.15) is 23.6 Å². The van der Waals surface area contributed by atoms with Crippen LogP contribution in [-0.2, 0) is 23.1 Å². The highest BCUT2D eigenvalue weighted by Gasteiger charge is 2.55. The summed E-state index contributed by atoms with van der Waals surface area (Å²) in [6, 6.07) is 10.1. The summed E-state index contributed by atoms with van der Waals surface area (Å²) in [5.41, 5.74) is 3.46. The Kier molecular flexibility index (Phi) is 4.95. The van der Waals surface area contributed by atoms with E-state index in [-0.39, 0.29) is 23.9 Å². The molecule has 1 heterocycles. The van der Waals surface area contributed by atoms with Gasteiger partial charge >= 0.3 is 12.1 Å². The SMILES string of the molecule is C[C@]1(c2cccc(OCc3ccc(C(F)(F)F)cc3)c2)N=C(N)OCC1(F)F. The molecular weight excluding hydrogens is 383 g/mol. The van der Waals surface area contributed by atoms with Crippen molar-refractivity contribution in [1.29, 1.82) is 0 Å². The third kappa shape index (κ3) is 3.88. The van der Waals surface area contributed by atoms with Crippen molar-refractivity contribution >= 4 is 6.02 Å². The highest BCUT2D eigenvalue weighted by atomic mass is 19.4. The van der Waals surface area contributed by atoms with E-state index in [0.29, 0.717) is 5.56 Å². The van der Waals surface area contributed by atoms with Crippen molar-refractivity contribution in [3.8, 4) is 5.75 Å². The number of rotatable bonds is 4. The molecule has 1 atom stereocenters. The van der Waals surface area contributed by atoms with E-state index < -0.39 is 29.8 Å². The zero-order valence-corrected chi connectivity index (χ0v) is 14.8. The molecule has 0 saturated heterocycles. The van der Waals surface area contributed by atoms with E-state index in [1.165, 1.54) is 37.3 Å². The molecule has 150 valence electrons. The number of amidine groups is 1. The number of hydrogen-bond donors (Lipinski definition) is 1. The lowest BCUT2D eigenvalue weighted by Crippen LogP contribution is -2.50. The van der Waals surface area contributed by atoms with Gasteiger partial charge in [0, 0.05) is 0 Å². The third-order valence-electron chi connectivity index (χ3n) is 4.53. The van der Waals surface area contributed by atoms with Crippen LogP contribution < -0.4 is 10.5 Å². The van der Waals surface area contributed by atoms with Crippen LogP contribution in [0.3, 0.4) is 0 Å². The molecule has 0 radical (unpaired) electrons. The number of aliphatic imine (C=N–C) groups is 1. The van der Waals surface area contributed by atoms with Crippen molar-refractivity contribution in [3.05, 3.63) is 65.2 Å². The lowest BCUT2D eigenvalue weighted by atomic mass is 9.85. The van der Waals surface area contributed by atoms with Gasteiger partial charge in [0.2, 0.25) is 0 Å². The smallest absolute Gasteiger partial charge is 0.416 e. The monoisotopic (exact) mass is 400 g/mol.